The van der Waals surface area contributed by atoms with Crippen molar-refractivity contribution >= 4 is 50.5 Å². The number of amides is 1. The Bertz CT molecular complexity index is 805. The van der Waals surface area contributed by atoms with Crippen LogP contribution < -0.4 is 10.0 Å². The van der Waals surface area contributed by atoms with Crippen molar-refractivity contribution in [2.75, 3.05) is 10.0 Å². The fraction of sp³-hybridized carbons (Fsp3) is 0.0714. The molecular weight excluding hydrogens is 347 g/mol. The maximum Gasteiger partial charge on any atom is 0.263 e. The van der Waals surface area contributed by atoms with Crippen LogP contribution in [0.3, 0.4) is 0 Å². The fourth-order valence-electron chi connectivity index (χ4n) is 1.73. The Hall–Kier alpha value is -1.76. The number of benzene rings is 2. The van der Waals surface area contributed by atoms with Crippen LogP contribution in [-0.4, -0.2) is 14.3 Å². The van der Waals surface area contributed by atoms with Gasteiger partial charge in [-0.05, 0) is 36.4 Å². The summed E-state index contributed by atoms with van der Waals surface area (Å²) < 4.78 is 27.0. The van der Waals surface area contributed by atoms with E-state index in [1.165, 1.54) is 37.3 Å². The molecule has 0 saturated heterocycles. The third-order valence-electron chi connectivity index (χ3n) is 2.66. The molecule has 22 heavy (non-hydrogen) atoms. The van der Waals surface area contributed by atoms with Crippen molar-refractivity contribution in [3.05, 3.63) is 52.5 Å². The van der Waals surface area contributed by atoms with Gasteiger partial charge in [-0.2, -0.15) is 0 Å². The van der Waals surface area contributed by atoms with Gasteiger partial charge in [-0.1, -0.05) is 29.3 Å². The van der Waals surface area contributed by atoms with Gasteiger partial charge in [0.25, 0.3) is 10.0 Å². The van der Waals surface area contributed by atoms with E-state index in [0.29, 0.717) is 11.4 Å². The normalized spacial score (nSPS) is 11.0. The summed E-state index contributed by atoms with van der Waals surface area (Å²) in [5, 5.41) is 2.71. The Balaban J connectivity index is 2.25. The van der Waals surface area contributed by atoms with Gasteiger partial charge in [0.05, 0.1) is 10.0 Å². The van der Waals surface area contributed by atoms with E-state index in [-0.39, 0.29) is 20.8 Å². The minimum absolute atomic E-state index is 0.0356. The molecule has 1 amide bonds. The highest BCUT2D eigenvalue weighted by Crippen LogP contribution is 2.30. The van der Waals surface area contributed by atoms with Crippen LogP contribution in [-0.2, 0) is 14.8 Å². The number of halogens is 2. The highest BCUT2D eigenvalue weighted by Gasteiger charge is 2.19. The highest BCUT2D eigenvalue weighted by molar-refractivity contribution is 7.92. The molecule has 0 unspecified atom stereocenters. The molecule has 0 aliphatic heterocycles. The van der Waals surface area contributed by atoms with Gasteiger partial charge < -0.3 is 5.32 Å². The van der Waals surface area contributed by atoms with Gasteiger partial charge in [0, 0.05) is 18.3 Å². The van der Waals surface area contributed by atoms with Crippen molar-refractivity contribution in [1.29, 1.82) is 0 Å². The number of carbonyl (C=O) groups excluding carboxylic acids is 1. The van der Waals surface area contributed by atoms with Crippen molar-refractivity contribution in [3.8, 4) is 0 Å². The molecule has 0 radical (unpaired) electrons. The second kappa shape index (κ2) is 6.56. The van der Waals surface area contributed by atoms with Crippen LogP contribution in [0.2, 0.25) is 10.0 Å². The average Bonchev–Trinajstić information content (AvgIpc) is 2.43. The van der Waals surface area contributed by atoms with Gasteiger partial charge in [0.15, 0.2) is 0 Å². The second-order valence-corrected chi connectivity index (χ2v) is 6.85. The minimum Gasteiger partial charge on any atom is -0.326 e. The van der Waals surface area contributed by atoms with Crippen LogP contribution in [0.1, 0.15) is 6.92 Å². The van der Waals surface area contributed by atoms with Gasteiger partial charge in [0.1, 0.15) is 4.90 Å². The SMILES string of the molecule is CC(=O)Nc1ccc(NS(=O)(=O)c2cccc(Cl)c2Cl)cc1. The van der Waals surface area contributed by atoms with Gasteiger partial charge >= 0.3 is 0 Å². The summed E-state index contributed by atoms with van der Waals surface area (Å²) in [6.07, 6.45) is 0. The molecule has 0 aromatic heterocycles. The lowest BCUT2D eigenvalue weighted by molar-refractivity contribution is -0.114. The summed E-state index contributed by atoms with van der Waals surface area (Å²) in [6, 6.07) is 10.6. The molecule has 5 nitrogen and oxygen atoms in total. The lowest BCUT2D eigenvalue weighted by Crippen LogP contribution is -2.13. The van der Waals surface area contributed by atoms with E-state index in [9.17, 15) is 13.2 Å². The first-order valence-corrected chi connectivity index (χ1v) is 8.38. The van der Waals surface area contributed by atoms with Crippen molar-refractivity contribution in [2.24, 2.45) is 0 Å². The molecule has 2 rings (SSSR count). The Morgan fingerprint density at radius 2 is 1.59 bits per heavy atom. The van der Waals surface area contributed by atoms with E-state index in [4.69, 9.17) is 23.2 Å². The Morgan fingerprint density at radius 3 is 2.18 bits per heavy atom. The van der Waals surface area contributed by atoms with E-state index < -0.39 is 10.0 Å². The van der Waals surface area contributed by atoms with Crippen LogP contribution in [0.15, 0.2) is 47.4 Å². The first-order chi connectivity index (χ1) is 10.3. The topological polar surface area (TPSA) is 75.3 Å². The Kier molecular flexibility index (Phi) is 4.95. The van der Waals surface area contributed by atoms with E-state index >= 15 is 0 Å². The number of rotatable bonds is 4. The number of hydrogen-bond acceptors (Lipinski definition) is 3. The van der Waals surface area contributed by atoms with Gasteiger partial charge in [-0.3, -0.25) is 9.52 Å². The van der Waals surface area contributed by atoms with E-state index in [1.54, 1.807) is 12.1 Å². The zero-order valence-electron chi connectivity index (χ0n) is 11.4. The number of carbonyl (C=O) groups is 1. The summed E-state index contributed by atoms with van der Waals surface area (Å²) in [7, 11) is -3.86. The van der Waals surface area contributed by atoms with Crippen molar-refractivity contribution in [3.63, 3.8) is 0 Å². The lowest BCUT2D eigenvalue weighted by Gasteiger charge is -2.11. The molecule has 0 heterocycles. The Morgan fingerprint density at radius 1 is 1.00 bits per heavy atom. The molecule has 0 fully saturated rings. The maximum atomic E-state index is 12.3. The monoisotopic (exact) mass is 358 g/mol. The molecule has 0 aliphatic rings. The van der Waals surface area contributed by atoms with Crippen molar-refractivity contribution in [2.45, 2.75) is 11.8 Å². The minimum atomic E-state index is -3.86. The smallest absolute Gasteiger partial charge is 0.263 e. The molecule has 116 valence electrons. The van der Waals surface area contributed by atoms with Crippen LogP contribution in [0.4, 0.5) is 11.4 Å². The summed E-state index contributed by atoms with van der Waals surface area (Å²) in [6.45, 7) is 1.39. The van der Waals surface area contributed by atoms with Crippen molar-refractivity contribution < 1.29 is 13.2 Å². The number of anilines is 2. The number of nitrogens with one attached hydrogen (secondary N) is 2. The predicted molar refractivity (Wildman–Crippen MR) is 88.0 cm³/mol. The average molecular weight is 359 g/mol. The summed E-state index contributed by atoms with van der Waals surface area (Å²) in [5.41, 5.74) is 0.904. The molecular formula is C14H12Cl2N2O3S. The third kappa shape index (κ3) is 3.91. The van der Waals surface area contributed by atoms with Gasteiger partial charge in [0.2, 0.25) is 5.91 Å². The molecule has 2 aromatic carbocycles. The molecule has 0 aliphatic carbocycles. The van der Waals surface area contributed by atoms with Gasteiger partial charge in [-0.25, -0.2) is 8.42 Å². The molecule has 8 heteroatoms. The van der Waals surface area contributed by atoms with Crippen LogP contribution >= 0.6 is 23.2 Å². The van der Waals surface area contributed by atoms with Crippen LogP contribution in [0, 0.1) is 0 Å². The van der Waals surface area contributed by atoms with Gasteiger partial charge in [-0.15, -0.1) is 0 Å². The van der Waals surface area contributed by atoms with Crippen molar-refractivity contribution in [1.82, 2.24) is 0 Å². The van der Waals surface area contributed by atoms with Crippen LogP contribution in [0.5, 0.6) is 0 Å². The largest absolute Gasteiger partial charge is 0.326 e. The second-order valence-electron chi connectivity index (χ2n) is 4.42. The maximum absolute atomic E-state index is 12.3. The Labute approximate surface area is 138 Å². The third-order valence-corrected chi connectivity index (χ3v) is 5.02. The summed E-state index contributed by atoms with van der Waals surface area (Å²) in [5.74, 6) is -0.209. The first kappa shape index (κ1) is 16.6. The van der Waals surface area contributed by atoms with Crippen LogP contribution in [0.25, 0.3) is 0 Å². The quantitative estimate of drug-likeness (QED) is 0.873. The molecule has 0 spiro atoms. The van der Waals surface area contributed by atoms with E-state index in [0.717, 1.165) is 0 Å². The summed E-state index contributed by atoms with van der Waals surface area (Å²) in [4.78, 5) is 10.8. The number of hydrogen-bond donors (Lipinski definition) is 2. The predicted octanol–water partition coefficient (Wildman–Crippen LogP) is 3.75. The molecule has 0 bridgehead atoms. The number of sulfonamides is 1. The summed E-state index contributed by atoms with van der Waals surface area (Å²) >= 11 is 11.8. The van der Waals surface area contributed by atoms with E-state index in [1.807, 2.05) is 0 Å². The molecule has 0 atom stereocenters. The molecule has 2 aromatic rings. The zero-order chi connectivity index (χ0) is 16.3. The molecule has 0 saturated carbocycles. The fourth-order valence-corrected chi connectivity index (χ4v) is 3.55. The standard InChI is InChI=1S/C14H12Cl2N2O3S/c1-9(19)17-10-5-7-11(8-6-10)18-22(20,21)13-4-2-3-12(15)14(13)16/h2-8,18H,1H3,(H,17,19). The lowest BCUT2D eigenvalue weighted by atomic mass is 10.3. The molecule has 2 N–H and O–H groups in total. The van der Waals surface area contributed by atoms with E-state index in [2.05, 4.69) is 10.0 Å². The first-order valence-electron chi connectivity index (χ1n) is 6.14. The highest BCUT2D eigenvalue weighted by atomic mass is 35.5. The zero-order valence-corrected chi connectivity index (χ0v) is 13.8.